The lowest BCUT2D eigenvalue weighted by Gasteiger charge is -2.13. The van der Waals surface area contributed by atoms with E-state index in [9.17, 15) is 4.79 Å². The van der Waals surface area contributed by atoms with Gasteiger partial charge in [0.2, 0.25) is 11.2 Å². The summed E-state index contributed by atoms with van der Waals surface area (Å²) in [6.45, 7) is 5.35. The van der Waals surface area contributed by atoms with Gasteiger partial charge in [-0.25, -0.2) is 15.0 Å². The molecule has 0 radical (unpaired) electrons. The zero-order valence-corrected chi connectivity index (χ0v) is 22.2. The first-order valence-electron chi connectivity index (χ1n) is 11.8. The molecule has 0 bridgehead atoms. The van der Waals surface area contributed by atoms with Gasteiger partial charge in [-0.1, -0.05) is 24.8 Å². The van der Waals surface area contributed by atoms with E-state index < -0.39 is 0 Å². The molecule has 0 spiro atoms. The predicted octanol–water partition coefficient (Wildman–Crippen LogP) is 5.56. The van der Waals surface area contributed by atoms with Crippen molar-refractivity contribution >= 4 is 40.0 Å². The van der Waals surface area contributed by atoms with Gasteiger partial charge in [-0.2, -0.15) is 4.98 Å². The van der Waals surface area contributed by atoms with Crippen LogP contribution in [0.2, 0.25) is 5.28 Å². The summed E-state index contributed by atoms with van der Waals surface area (Å²) in [4.78, 5) is 28.9. The summed E-state index contributed by atoms with van der Waals surface area (Å²) in [6, 6.07) is 14.9. The SMILES string of the molecule is C=CC(=O)Nc1ccc(-c2c(-c3ccc(Oc4nccc(C)n4)c(OC)c3)c3c(N)nc(Cl)nc3n2C)cc1. The van der Waals surface area contributed by atoms with Gasteiger partial charge < -0.3 is 25.1 Å². The van der Waals surface area contributed by atoms with Crippen LogP contribution in [0.25, 0.3) is 33.4 Å². The lowest BCUT2D eigenvalue weighted by molar-refractivity contribution is -0.111. The number of aryl methyl sites for hydroxylation is 2. The Hall–Kier alpha value is -4.96. The number of benzene rings is 2. The summed E-state index contributed by atoms with van der Waals surface area (Å²) in [5, 5.41) is 3.43. The Morgan fingerprint density at radius 2 is 1.82 bits per heavy atom. The average molecular weight is 542 g/mol. The van der Waals surface area contributed by atoms with Crippen LogP contribution in [0.3, 0.4) is 0 Å². The summed E-state index contributed by atoms with van der Waals surface area (Å²) in [5.41, 5.74) is 11.6. The van der Waals surface area contributed by atoms with Crippen LogP contribution in [0.4, 0.5) is 11.5 Å². The van der Waals surface area contributed by atoms with Gasteiger partial charge in [0.15, 0.2) is 11.5 Å². The number of nitrogen functional groups attached to an aromatic ring is 1. The minimum absolute atomic E-state index is 0.0423. The van der Waals surface area contributed by atoms with E-state index in [0.717, 1.165) is 28.1 Å². The summed E-state index contributed by atoms with van der Waals surface area (Å²) in [7, 11) is 3.43. The molecule has 3 N–H and O–H groups in total. The number of amides is 1. The highest BCUT2D eigenvalue weighted by Crippen LogP contribution is 2.44. The third-order valence-electron chi connectivity index (χ3n) is 6.07. The van der Waals surface area contributed by atoms with E-state index in [2.05, 4.69) is 31.8 Å². The van der Waals surface area contributed by atoms with Gasteiger partial charge in [-0.3, -0.25) is 4.79 Å². The Kier molecular flexibility index (Phi) is 6.86. The Morgan fingerprint density at radius 1 is 1.08 bits per heavy atom. The number of nitrogens with zero attached hydrogens (tertiary/aromatic N) is 5. The van der Waals surface area contributed by atoms with Crippen LogP contribution in [-0.4, -0.2) is 37.5 Å². The Bertz CT molecular complexity index is 1730. The topological polar surface area (TPSA) is 130 Å². The lowest BCUT2D eigenvalue weighted by Crippen LogP contribution is -2.06. The number of nitrogens with one attached hydrogen (secondary N) is 1. The van der Waals surface area contributed by atoms with Crippen LogP contribution in [0.5, 0.6) is 17.5 Å². The van der Waals surface area contributed by atoms with Crippen LogP contribution in [0.15, 0.2) is 67.4 Å². The first kappa shape index (κ1) is 25.7. The molecule has 1 amide bonds. The van der Waals surface area contributed by atoms with E-state index >= 15 is 0 Å². The molecule has 196 valence electrons. The quantitative estimate of drug-likeness (QED) is 0.202. The van der Waals surface area contributed by atoms with Crippen LogP contribution in [0, 0.1) is 6.92 Å². The smallest absolute Gasteiger partial charge is 0.322 e. The molecule has 0 unspecified atom stereocenters. The molecule has 10 nitrogen and oxygen atoms in total. The second-order valence-corrected chi connectivity index (χ2v) is 8.92. The van der Waals surface area contributed by atoms with Gasteiger partial charge >= 0.3 is 6.01 Å². The number of nitrogens with two attached hydrogens (primary N) is 1. The number of ether oxygens (including phenoxy) is 2. The average Bonchev–Trinajstić information content (AvgIpc) is 3.21. The molecule has 0 aliphatic carbocycles. The predicted molar refractivity (Wildman–Crippen MR) is 151 cm³/mol. The van der Waals surface area contributed by atoms with Crippen molar-refractivity contribution in [3.05, 3.63) is 78.4 Å². The zero-order chi connectivity index (χ0) is 27.7. The number of rotatable bonds is 7. The largest absolute Gasteiger partial charge is 0.493 e. The fraction of sp³-hybridized carbons (Fsp3) is 0.107. The second kappa shape index (κ2) is 10.4. The van der Waals surface area contributed by atoms with Crippen molar-refractivity contribution in [3.8, 4) is 39.9 Å². The van der Waals surface area contributed by atoms with Crippen LogP contribution in [0.1, 0.15) is 5.69 Å². The number of aromatic nitrogens is 5. The van der Waals surface area contributed by atoms with E-state index in [1.807, 2.05) is 42.8 Å². The molecule has 0 aliphatic heterocycles. The van der Waals surface area contributed by atoms with Crippen molar-refractivity contribution in [2.75, 3.05) is 18.2 Å². The minimum atomic E-state index is -0.295. The molecular formula is C28H24ClN7O3. The maximum Gasteiger partial charge on any atom is 0.322 e. The Balaban J connectivity index is 1.67. The van der Waals surface area contributed by atoms with E-state index in [1.165, 1.54) is 6.08 Å². The lowest BCUT2D eigenvalue weighted by atomic mass is 9.98. The van der Waals surface area contributed by atoms with Crippen molar-refractivity contribution < 1.29 is 14.3 Å². The maximum atomic E-state index is 11.7. The maximum absolute atomic E-state index is 11.7. The molecule has 0 aliphatic rings. The molecule has 0 saturated carbocycles. The molecule has 5 aromatic rings. The summed E-state index contributed by atoms with van der Waals surface area (Å²) >= 11 is 6.18. The van der Waals surface area contributed by atoms with Gasteiger partial charge in [-0.05, 0) is 66.1 Å². The number of anilines is 2. The first-order valence-corrected chi connectivity index (χ1v) is 12.2. The summed E-state index contributed by atoms with van der Waals surface area (Å²) < 4.78 is 13.5. The van der Waals surface area contributed by atoms with Gasteiger partial charge in [0.05, 0.1) is 18.2 Å². The first-order chi connectivity index (χ1) is 18.8. The van der Waals surface area contributed by atoms with Gasteiger partial charge in [0, 0.05) is 30.2 Å². The molecule has 3 heterocycles. The molecule has 39 heavy (non-hydrogen) atoms. The molecule has 0 atom stereocenters. The van der Waals surface area contributed by atoms with Gasteiger partial charge in [0.25, 0.3) is 0 Å². The van der Waals surface area contributed by atoms with Crippen molar-refractivity contribution in [3.63, 3.8) is 0 Å². The molecule has 2 aromatic carbocycles. The number of methoxy groups -OCH3 is 1. The fourth-order valence-electron chi connectivity index (χ4n) is 4.32. The zero-order valence-electron chi connectivity index (χ0n) is 21.4. The van der Waals surface area contributed by atoms with Crippen molar-refractivity contribution in [2.45, 2.75) is 6.92 Å². The van der Waals surface area contributed by atoms with Crippen LogP contribution < -0.4 is 20.5 Å². The minimum Gasteiger partial charge on any atom is -0.493 e. The number of hydrogen-bond donors (Lipinski definition) is 2. The number of carbonyl (C=O) groups excluding carboxylic acids is 1. The van der Waals surface area contributed by atoms with Gasteiger partial charge in [-0.15, -0.1) is 0 Å². The second-order valence-electron chi connectivity index (χ2n) is 8.58. The number of fused-ring (bicyclic) bond motifs is 1. The van der Waals surface area contributed by atoms with Crippen molar-refractivity contribution in [1.29, 1.82) is 0 Å². The molecule has 11 heteroatoms. The van der Waals surface area contributed by atoms with Crippen molar-refractivity contribution in [1.82, 2.24) is 24.5 Å². The monoisotopic (exact) mass is 541 g/mol. The highest BCUT2D eigenvalue weighted by molar-refractivity contribution is 6.29. The van der Waals surface area contributed by atoms with E-state index in [4.69, 9.17) is 26.8 Å². The van der Waals surface area contributed by atoms with E-state index in [-0.39, 0.29) is 23.0 Å². The van der Waals surface area contributed by atoms with Crippen molar-refractivity contribution in [2.24, 2.45) is 7.05 Å². The van der Waals surface area contributed by atoms with E-state index in [0.29, 0.717) is 28.2 Å². The Morgan fingerprint density at radius 3 is 2.51 bits per heavy atom. The third kappa shape index (κ3) is 4.97. The van der Waals surface area contributed by atoms with Crippen LogP contribution >= 0.6 is 11.6 Å². The molecule has 0 saturated heterocycles. The third-order valence-corrected chi connectivity index (χ3v) is 6.24. The fourth-order valence-corrected chi connectivity index (χ4v) is 4.49. The molecular weight excluding hydrogens is 518 g/mol. The number of carbonyl (C=O) groups is 1. The number of halogens is 1. The summed E-state index contributed by atoms with van der Waals surface area (Å²) in [6.07, 6.45) is 2.84. The van der Waals surface area contributed by atoms with Gasteiger partial charge in [0.1, 0.15) is 11.5 Å². The molecule has 3 aromatic heterocycles. The van der Waals surface area contributed by atoms with E-state index in [1.54, 1.807) is 37.6 Å². The highest BCUT2D eigenvalue weighted by Gasteiger charge is 2.24. The Labute approximate surface area is 229 Å². The number of hydrogen-bond acceptors (Lipinski definition) is 8. The molecule has 0 fully saturated rings. The standard InChI is InChI=1S/C28H24ClN7O3/c1-5-21(37)33-18-9-6-16(7-10-18)24-22(23-25(30)34-27(29)35-26(23)36(24)3)17-8-11-19(20(14-17)38-4)39-28-31-13-12-15(2)32-28/h5-14H,1H2,2-4H3,(H,33,37)(H2,30,34,35). The van der Waals surface area contributed by atoms with Crippen LogP contribution in [-0.2, 0) is 11.8 Å². The highest BCUT2D eigenvalue weighted by atomic mass is 35.5. The normalized spacial score (nSPS) is 10.9. The molecule has 5 rings (SSSR count). The summed E-state index contributed by atoms with van der Waals surface area (Å²) in [5.74, 6) is 0.861.